The Hall–Kier alpha value is -2.79. The summed E-state index contributed by atoms with van der Waals surface area (Å²) in [4.78, 5) is 14.7. The fourth-order valence-corrected chi connectivity index (χ4v) is 6.79. The highest BCUT2D eigenvalue weighted by Crippen LogP contribution is 2.41. The highest BCUT2D eigenvalue weighted by molar-refractivity contribution is 6.76. The van der Waals surface area contributed by atoms with Crippen LogP contribution in [0.4, 0.5) is 4.79 Å². The molecule has 0 bridgehead atoms. The first-order chi connectivity index (χ1) is 15.3. The van der Waals surface area contributed by atoms with Crippen molar-refractivity contribution in [3.8, 4) is 0 Å². The number of nitrogens with zero attached hydrogens (tertiary/aromatic N) is 2. The number of hydrogen-bond donors (Lipinski definition) is 0. The van der Waals surface area contributed by atoms with Crippen LogP contribution in [0.1, 0.15) is 29.3 Å². The normalized spacial score (nSPS) is 16.1. The van der Waals surface area contributed by atoms with Gasteiger partial charge in [-0.15, -0.1) is 6.58 Å². The molecule has 1 atom stereocenters. The molecule has 0 N–H and O–H groups in total. The van der Waals surface area contributed by atoms with E-state index < -0.39 is 8.07 Å². The summed E-state index contributed by atoms with van der Waals surface area (Å²) in [5.41, 5.74) is 6.32. The summed E-state index contributed by atoms with van der Waals surface area (Å²) in [5.74, 6) is 0. The molecule has 5 heteroatoms. The molecule has 3 aromatic rings. The molecule has 4 rings (SSSR count). The minimum absolute atomic E-state index is 0.0637. The highest BCUT2D eigenvalue weighted by atomic mass is 28.3. The van der Waals surface area contributed by atoms with E-state index in [0.717, 1.165) is 25.4 Å². The maximum Gasteiger partial charge on any atom is 0.410 e. The summed E-state index contributed by atoms with van der Waals surface area (Å²) in [6, 6.07) is 20.2. The predicted molar refractivity (Wildman–Crippen MR) is 135 cm³/mol. The first-order valence-corrected chi connectivity index (χ1v) is 15.1. The largest absolute Gasteiger partial charge is 0.453 e. The lowest BCUT2D eigenvalue weighted by Crippen LogP contribution is -2.41. The van der Waals surface area contributed by atoms with E-state index in [-0.39, 0.29) is 12.1 Å². The molecule has 0 fully saturated rings. The number of carbonyl (C=O) groups excluding carboxylic acids is 1. The van der Waals surface area contributed by atoms with Gasteiger partial charge in [-0.05, 0) is 36.1 Å². The molecule has 1 aliphatic heterocycles. The van der Waals surface area contributed by atoms with Gasteiger partial charge in [-0.1, -0.05) is 73.7 Å². The molecule has 2 heterocycles. The van der Waals surface area contributed by atoms with Crippen molar-refractivity contribution in [2.24, 2.45) is 0 Å². The van der Waals surface area contributed by atoms with Crippen LogP contribution in [0.15, 0.2) is 66.7 Å². The van der Waals surface area contributed by atoms with Crippen molar-refractivity contribution in [2.45, 2.75) is 51.1 Å². The third-order valence-corrected chi connectivity index (χ3v) is 7.83. The van der Waals surface area contributed by atoms with E-state index in [0.29, 0.717) is 6.54 Å². The van der Waals surface area contributed by atoms with Crippen molar-refractivity contribution in [3.05, 3.63) is 83.6 Å². The molecule has 0 aliphatic carbocycles. The van der Waals surface area contributed by atoms with Gasteiger partial charge in [0.2, 0.25) is 0 Å². The van der Waals surface area contributed by atoms with Crippen LogP contribution in [0.2, 0.25) is 25.7 Å². The van der Waals surface area contributed by atoms with Gasteiger partial charge in [0.25, 0.3) is 0 Å². The molecule has 32 heavy (non-hydrogen) atoms. The number of ether oxygens (including phenoxy) is 1. The van der Waals surface area contributed by atoms with E-state index in [2.05, 4.69) is 85.4 Å². The average Bonchev–Trinajstić information content (AvgIpc) is 3.07. The first-order valence-electron chi connectivity index (χ1n) is 11.4. The summed E-state index contributed by atoms with van der Waals surface area (Å²) in [7, 11) is 0.176. The van der Waals surface area contributed by atoms with E-state index in [4.69, 9.17) is 4.74 Å². The second kappa shape index (κ2) is 8.98. The third kappa shape index (κ3) is 4.53. The Morgan fingerprint density at radius 1 is 1.09 bits per heavy atom. The van der Waals surface area contributed by atoms with Crippen LogP contribution in [0.3, 0.4) is 0 Å². The van der Waals surface area contributed by atoms with Gasteiger partial charge in [-0.3, -0.25) is 4.90 Å². The number of rotatable bonds is 6. The lowest BCUT2D eigenvalue weighted by Gasteiger charge is -2.37. The number of amides is 1. The first kappa shape index (κ1) is 22.4. The topological polar surface area (TPSA) is 34.5 Å². The van der Waals surface area contributed by atoms with Crippen LogP contribution in [-0.4, -0.2) is 37.3 Å². The van der Waals surface area contributed by atoms with Crippen molar-refractivity contribution < 1.29 is 9.53 Å². The maximum atomic E-state index is 12.8. The van der Waals surface area contributed by atoms with Gasteiger partial charge in [0.05, 0.1) is 13.2 Å². The highest BCUT2D eigenvalue weighted by Gasteiger charge is 2.36. The monoisotopic (exact) mass is 446 g/mol. The predicted octanol–water partition coefficient (Wildman–Crippen LogP) is 6.64. The molecule has 168 valence electrons. The second-order valence-corrected chi connectivity index (χ2v) is 15.5. The van der Waals surface area contributed by atoms with Gasteiger partial charge in [-0.25, -0.2) is 4.79 Å². The van der Waals surface area contributed by atoms with E-state index in [1.165, 1.54) is 40.4 Å². The Morgan fingerprint density at radius 2 is 1.78 bits per heavy atom. The Morgan fingerprint density at radius 3 is 2.47 bits per heavy atom. The molecular weight excluding hydrogens is 412 g/mol. The standard InChI is InChI=1S/C27H34N2O2Si/c1-20(19-32(3,4)5)17-25-26-23(15-16-28(25)27(30)31-2)22-13-9-10-14-24(22)29(26)18-21-11-7-6-8-12-21/h6-14,25H,1,15-19H2,2-5H3. The van der Waals surface area contributed by atoms with Gasteiger partial charge in [-0.2, -0.15) is 0 Å². The van der Waals surface area contributed by atoms with Crippen molar-refractivity contribution >= 4 is 25.1 Å². The van der Waals surface area contributed by atoms with E-state index in [9.17, 15) is 4.79 Å². The van der Waals surface area contributed by atoms with Crippen LogP contribution < -0.4 is 0 Å². The summed E-state index contributed by atoms with van der Waals surface area (Å²) >= 11 is 0. The van der Waals surface area contributed by atoms with Crippen LogP contribution >= 0.6 is 0 Å². The third-order valence-electron chi connectivity index (χ3n) is 6.27. The fourth-order valence-electron chi connectivity index (χ4n) is 5.15. The zero-order valence-corrected chi connectivity index (χ0v) is 20.7. The summed E-state index contributed by atoms with van der Waals surface area (Å²) in [5, 5.41) is 1.30. The number of aromatic nitrogens is 1. The molecule has 1 unspecified atom stereocenters. The molecule has 0 spiro atoms. The van der Waals surface area contributed by atoms with Crippen molar-refractivity contribution in [3.63, 3.8) is 0 Å². The minimum atomic E-state index is -1.30. The number of benzene rings is 2. The molecule has 0 saturated heterocycles. The fraction of sp³-hybridized carbons (Fsp3) is 0.370. The van der Waals surface area contributed by atoms with Crippen LogP contribution in [0.25, 0.3) is 10.9 Å². The number of methoxy groups -OCH3 is 1. The van der Waals surface area contributed by atoms with Gasteiger partial charge in [0, 0.05) is 37.8 Å². The SMILES string of the molecule is C=C(CC1c2c(c3ccccc3n2Cc2ccccc2)CCN1C(=O)OC)C[Si](C)(C)C. The molecular formula is C27H34N2O2Si. The molecule has 0 saturated carbocycles. The second-order valence-electron chi connectivity index (χ2n) is 10.1. The van der Waals surface area contributed by atoms with Crippen molar-refractivity contribution in [1.82, 2.24) is 9.47 Å². The van der Waals surface area contributed by atoms with E-state index in [1.807, 2.05) is 4.90 Å². The van der Waals surface area contributed by atoms with Crippen molar-refractivity contribution in [2.75, 3.05) is 13.7 Å². The smallest absolute Gasteiger partial charge is 0.410 e. The number of para-hydroxylation sites is 1. The molecule has 2 aromatic carbocycles. The summed E-state index contributed by atoms with van der Waals surface area (Å²) < 4.78 is 7.62. The number of fused-ring (bicyclic) bond motifs is 3. The van der Waals surface area contributed by atoms with Crippen molar-refractivity contribution in [1.29, 1.82) is 0 Å². The maximum absolute atomic E-state index is 12.8. The Labute approximate surface area is 192 Å². The number of carbonyl (C=O) groups is 1. The molecule has 1 aliphatic rings. The minimum Gasteiger partial charge on any atom is -0.453 e. The van der Waals surface area contributed by atoms with Gasteiger partial charge in [0.1, 0.15) is 0 Å². The van der Waals surface area contributed by atoms with Gasteiger partial charge in [0.15, 0.2) is 0 Å². The van der Waals surface area contributed by atoms with E-state index in [1.54, 1.807) is 0 Å². The molecule has 4 nitrogen and oxygen atoms in total. The lowest BCUT2D eigenvalue weighted by molar-refractivity contribution is 0.0987. The molecule has 1 aromatic heterocycles. The quantitative estimate of drug-likeness (QED) is 0.314. The Bertz CT molecular complexity index is 1130. The van der Waals surface area contributed by atoms with Gasteiger partial charge < -0.3 is 9.30 Å². The number of hydrogen-bond acceptors (Lipinski definition) is 2. The zero-order valence-electron chi connectivity index (χ0n) is 19.7. The van der Waals surface area contributed by atoms with Crippen LogP contribution in [0, 0.1) is 0 Å². The zero-order chi connectivity index (χ0) is 22.9. The van der Waals surface area contributed by atoms with E-state index >= 15 is 0 Å². The Balaban J connectivity index is 1.85. The average molecular weight is 447 g/mol. The molecule has 0 radical (unpaired) electrons. The Kier molecular flexibility index (Phi) is 6.29. The summed E-state index contributed by atoms with van der Waals surface area (Å²) in [6.07, 6.45) is 1.36. The van der Waals surface area contributed by atoms with Gasteiger partial charge >= 0.3 is 6.09 Å². The lowest BCUT2D eigenvalue weighted by atomic mass is 9.93. The van der Waals surface area contributed by atoms with Crippen LogP contribution in [-0.2, 0) is 17.7 Å². The molecule has 1 amide bonds. The summed E-state index contributed by atoms with van der Waals surface area (Å²) in [6.45, 7) is 13.0. The van der Waals surface area contributed by atoms with Crippen LogP contribution in [0.5, 0.6) is 0 Å².